The number of methoxy groups -OCH3 is 1. The van der Waals surface area contributed by atoms with Crippen LogP contribution in [-0.2, 0) is 42.9 Å². The van der Waals surface area contributed by atoms with Crippen LogP contribution in [0.15, 0.2) is 54.6 Å². The molecule has 0 spiro atoms. The molecule has 1 N–H and O–H groups in total. The van der Waals surface area contributed by atoms with Gasteiger partial charge in [-0.1, -0.05) is 42.5 Å². The Labute approximate surface area is 194 Å². The molecule has 9 heteroatoms. The van der Waals surface area contributed by atoms with Crippen LogP contribution in [-0.4, -0.2) is 56.2 Å². The average molecular weight is 471 g/mol. The molecule has 2 aromatic carbocycles. The van der Waals surface area contributed by atoms with Gasteiger partial charge in [0, 0.05) is 0 Å². The predicted octanol–water partition coefficient (Wildman–Crippen LogP) is 1.54. The highest BCUT2D eigenvalue weighted by Gasteiger charge is 2.68. The van der Waals surface area contributed by atoms with Crippen LogP contribution >= 0.6 is 0 Å². The lowest BCUT2D eigenvalue weighted by atomic mass is 9.96. The summed E-state index contributed by atoms with van der Waals surface area (Å²) in [5.74, 6) is -0.688. The number of carbonyl (C=O) groups is 3. The zero-order chi connectivity index (χ0) is 23.8. The van der Waals surface area contributed by atoms with Crippen molar-refractivity contribution in [3.8, 4) is 5.75 Å². The van der Waals surface area contributed by atoms with Gasteiger partial charge in [-0.15, -0.1) is 0 Å². The van der Waals surface area contributed by atoms with Gasteiger partial charge in [-0.25, -0.2) is 4.79 Å². The minimum absolute atomic E-state index is 0.0198. The molecular formula is C24H26N2O6S. The topological polar surface area (TPSA) is 102 Å². The maximum Gasteiger partial charge on any atom is 0.330 e. The highest BCUT2D eigenvalue weighted by atomic mass is 32.2. The Kier molecular flexibility index (Phi) is 6.25. The standard InChI is InChI=1S/C24H26N2O6S/c1-24(2)20(23(29)32-14-16-9-11-17(31-3)12-10-16)26-21(28)19(22(26)33(24)30)25-18(27)13-15-7-5-4-6-8-15/h4-12,19-20,22H,13-14H2,1-3H3,(H,25,27)/t19-,20-,22-,33+/m0/s1. The molecule has 2 saturated heterocycles. The highest BCUT2D eigenvalue weighted by molar-refractivity contribution is 7.87. The van der Waals surface area contributed by atoms with Crippen molar-refractivity contribution in [3.63, 3.8) is 0 Å². The first kappa shape index (κ1) is 23.0. The number of fused-ring (bicyclic) bond motifs is 1. The first-order chi connectivity index (χ1) is 15.7. The van der Waals surface area contributed by atoms with Crippen molar-refractivity contribution < 1.29 is 28.1 Å². The molecule has 8 nitrogen and oxygen atoms in total. The minimum Gasteiger partial charge on any atom is -0.497 e. The number of amides is 2. The Balaban J connectivity index is 1.42. The SMILES string of the molecule is COc1ccc(COC(=O)[C@@H]2N3C(=O)[C@H](NC(=O)Cc4ccccc4)[C@@H]3[S@@](=O)C2(C)C)cc1. The average Bonchev–Trinajstić information content (AvgIpc) is 3.00. The largest absolute Gasteiger partial charge is 0.497 e. The molecule has 0 unspecified atom stereocenters. The van der Waals surface area contributed by atoms with Crippen LogP contribution < -0.4 is 10.1 Å². The van der Waals surface area contributed by atoms with E-state index >= 15 is 0 Å². The second kappa shape index (κ2) is 8.97. The number of hydrogen-bond donors (Lipinski definition) is 1. The van der Waals surface area contributed by atoms with E-state index in [-0.39, 0.29) is 18.9 Å². The van der Waals surface area contributed by atoms with Gasteiger partial charge >= 0.3 is 5.97 Å². The van der Waals surface area contributed by atoms with E-state index in [9.17, 15) is 18.6 Å². The maximum atomic E-state index is 13.2. The number of benzene rings is 2. The molecule has 2 fully saturated rings. The second-order valence-electron chi connectivity index (χ2n) is 8.60. The fraction of sp³-hybridized carbons (Fsp3) is 0.375. The maximum absolute atomic E-state index is 13.2. The summed E-state index contributed by atoms with van der Waals surface area (Å²) in [5.41, 5.74) is 1.57. The lowest BCUT2D eigenvalue weighted by Crippen LogP contribution is -2.71. The molecule has 174 valence electrons. The second-order valence-corrected chi connectivity index (χ2v) is 10.7. The van der Waals surface area contributed by atoms with Gasteiger partial charge < -0.3 is 19.7 Å². The lowest BCUT2D eigenvalue weighted by Gasteiger charge is -2.43. The van der Waals surface area contributed by atoms with Gasteiger partial charge in [-0.3, -0.25) is 13.8 Å². The summed E-state index contributed by atoms with van der Waals surface area (Å²) in [4.78, 5) is 39.6. The molecule has 2 heterocycles. The zero-order valence-corrected chi connectivity index (χ0v) is 19.5. The molecule has 4 rings (SSSR count). The van der Waals surface area contributed by atoms with Crippen molar-refractivity contribution in [1.82, 2.24) is 10.2 Å². The molecule has 33 heavy (non-hydrogen) atoms. The number of β-lactam (4-membered cyclic amide) rings is 1. The monoisotopic (exact) mass is 470 g/mol. The third kappa shape index (κ3) is 4.25. The summed E-state index contributed by atoms with van der Waals surface area (Å²) < 4.78 is 22.8. The fourth-order valence-corrected chi connectivity index (χ4v) is 6.15. The first-order valence-corrected chi connectivity index (χ1v) is 11.8. The van der Waals surface area contributed by atoms with Gasteiger partial charge in [-0.2, -0.15) is 0 Å². The lowest BCUT2D eigenvalue weighted by molar-refractivity contribution is -0.165. The summed E-state index contributed by atoms with van der Waals surface area (Å²) >= 11 is 0. The predicted molar refractivity (Wildman–Crippen MR) is 122 cm³/mol. The number of ether oxygens (including phenoxy) is 2. The first-order valence-electron chi connectivity index (χ1n) is 10.6. The molecule has 4 atom stereocenters. The van der Waals surface area contributed by atoms with E-state index in [1.807, 2.05) is 30.3 Å². The van der Waals surface area contributed by atoms with Crippen molar-refractivity contribution in [1.29, 1.82) is 0 Å². The molecule has 0 aliphatic carbocycles. The number of hydrogen-bond acceptors (Lipinski definition) is 6. The van der Waals surface area contributed by atoms with Crippen LogP contribution in [0.2, 0.25) is 0 Å². The molecule has 2 amide bonds. The van der Waals surface area contributed by atoms with Crippen molar-refractivity contribution in [2.45, 2.75) is 49.1 Å². The summed E-state index contributed by atoms with van der Waals surface area (Å²) in [7, 11) is -0.000290. The molecule has 0 saturated carbocycles. The number of nitrogens with one attached hydrogen (secondary N) is 1. The van der Waals surface area contributed by atoms with E-state index in [0.717, 1.165) is 11.1 Å². The summed E-state index contributed by atoms with van der Waals surface area (Å²) in [6, 6.07) is 14.3. The Morgan fingerprint density at radius 2 is 1.73 bits per heavy atom. The molecule has 0 bridgehead atoms. The molecular weight excluding hydrogens is 444 g/mol. The van der Waals surface area contributed by atoms with Gasteiger partial charge in [0.15, 0.2) is 0 Å². The zero-order valence-electron chi connectivity index (χ0n) is 18.6. The Bertz CT molecular complexity index is 1090. The summed E-state index contributed by atoms with van der Waals surface area (Å²) in [5, 5.41) is 1.94. The number of nitrogens with zero attached hydrogens (tertiary/aromatic N) is 1. The smallest absolute Gasteiger partial charge is 0.330 e. The van der Waals surface area contributed by atoms with E-state index in [2.05, 4.69) is 5.32 Å². The number of rotatable bonds is 7. The molecule has 2 aromatic rings. The highest BCUT2D eigenvalue weighted by Crippen LogP contribution is 2.44. The van der Waals surface area contributed by atoms with Crippen LogP contribution in [0.1, 0.15) is 25.0 Å². The quantitative estimate of drug-likeness (QED) is 0.487. The van der Waals surface area contributed by atoms with Crippen LogP contribution in [0.5, 0.6) is 5.75 Å². The molecule has 2 aliphatic rings. The van der Waals surface area contributed by atoms with Crippen molar-refractivity contribution >= 4 is 28.6 Å². The van der Waals surface area contributed by atoms with E-state index in [1.165, 1.54) is 4.90 Å². The number of esters is 1. The van der Waals surface area contributed by atoms with Gasteiger partial charge in [0.25, 0.3) is 0 Å². The normalized spacial score (nSPS) is 25.1. The van der Waals surface area contributed by atoms with Crippen LogP contribution in [0, 0.1) is 0 Å². The van der Waals surface area contributed by atoms with E-state index in [0.29, 0.717) is 5.75 Å². The minimum atomic E-state index is -1.56. The Hall–Kier alpha value is -3.20. The van der Waals surface area contributed by atoms with Crippen LogP contribution in [0.25, 0.3) is 0 Å². The van der Waals surface area contributed by atoms with E-state index in [1.54, 1.807) is 45.2 Å². The van der Waals surface area contributed by atoms with E-state index < -0.39 is 44.9 Å². The van der Waals surface area contributed by atoms with Crippen LogP contribution in [0.3, 0.4) is 0 Å². The Morgan fingerprint density at radius 3 is 2.36 bits per heavy atom. The van der Waals surface area contributed by atoms with E-state index in [4.69, 9.17) is 9.47 Å². The van der Waals surface area contributed by atoms with Crippen LogP contribution in [0.4, 0.5) is 0 Å². The fourth-order valence-electron chi connectivity index (χ4n) is 4.23. The van der Waals surface area contributed by atoms with Crippen molar-refractivity contribution in [2.75, 3.05) is 7.11 Å². The van der Waals surface area contributed by atoms with Gasteiger partial charge in [0.1, 0.15) is 29.8 Å². The van der Waals surface area contributed by atoms with Gasteiger partial charge in [-0.05, 0) is 37.1 Å². The Morgan fingerprint density at radius 1 is 1.06 bits per heavy atom. The summed E-state index contributed by atoms with van der Waals surface area (Å²) in [6.45, 7) is 3.37. The molecule has 0 radical (unpaired) electrons. The van der Waals surface area contributed by atoms with Gasteiger partial charge in [0.2, 0.25) is 11.8 Å². The molecule has 2 aliphatic heterocycles. The van der Waals surface area contributed by atoms with Gasteiger partial charge in [0.05, 0.1) is 29.1 Å². The third-order valence-electron chi connectivity index (χ3n) is 6.04. The summed E-state index contributed by atoms with van der Waals surface area (Å²) in [6.07, 6.45) is 0.112. The van der Waals surface area contributed by atoms with Crippen molar-refractivity contribution in [2.24, 2.45) is 0 Å². The number of carbonyl (C=O) groups excluding carboxylic acids is 3. The third-order valence-corrected chi connectivity index (χ3v) is 8.24. The van der Waals surface area contributed by atoms with Crippen molar-refractivity contribution in [3.05, 3.63) is 65.7 Å². The molecule has 0 aromatic heterocycles.